The van der Waals surface area contributed by atoms with Crippen LogP contribution >= 0.6 is 23.2 Å². The smallest absolute Gasteiger partial charge is 0.341 e. The zero-order chi connectivity index (χ0) is 14.3. The van der Waals surface area contributed by atoms with Gasteiger partial charge in [-0.2, -0.15) is 9.78 Å². The first-order valence-corrected chi connectivity index (χ1v) is 6.90. The maximum absolute atomic E-state index is 11.4. The second kappa shape index (κ2) is 5.00. The van der Waals surface area contributed by atoms with Crippen molar-refractivity contribution in [3.8, 4) is 0 Å². The summed E-state index contributed by atoms with van der Waals surface area (Å²) in [5, 5.41) is 8.58. The molecule has 20 heavy (non-hydrogen) atoms. The first kappa shape index (κ1) is 13.3. The van der Waals surface area contributed by atoms with Gasteiger partial charge in [-0.05, 0) is 24.1 Å². The SMILES string of the molecule is NC(=O)n1nc(Cc2ccc(Cl)cc2Cl)c2c1NCC2. The number of nitrogens with zero attached hydrogens (tertiary/aromatic N) is 2. The van der Waals surface area contributed by atoms with Crippen molar-refractivity contribution >= 4 is 35.1 Å². The third-order valence-electron chi connectivity index (χ3n) is 3.32. The zero-order valence-electron chi connectivity index (χ0n) is 10.5. The summed E-state index contributed by atoms with van der Waals surface area (Å²) in [7, 11) is 0. The van der Waals surface area contributed by atoms with E-state index >= 15 is 0 Å². The molecule has 0 aliphatic carbocycles. The number of primary amides is 1. The minimum absolute atomic E-state index is 0.542. The van der Waals surface area contributed by atoms with E-state index in [1.807, 2.05) is 6.07 Å². The van der Waals surface area contributed by atoms with Crippen LogP contribution in [0.15, 0.2) is 18.2 Å². The number of rotatable bonds is 2. The number of halogens is 2. The fourth-order valence-electron chi connectivity index (χ4n) is 2.39. The number of benzene rings is 1. The van der Waals surface area contributed by atoms with Gasteiger partial charge < -0.3 is 11.1 Å². The molecular formula is C13H12Cl2N4O. The summed E-state index contributed by atoms with van der Waals surface area (Å²) in [6.07, 6.45) is 1.36. The third kappa shape index (κ3) is 2.23. The molecule has 1 amide bonds. The van der Waals surface area contributed by atoms with Gasteiger partial charge in [0.05, 0.1) is 5.69 Å². The number of aromatic nitrogens is 2. The number of anilines is 1. The molecule has 1 aromatic carbocycles. The maximum Gasteiger partial charge on any atom is 0.341 e. The van der Waals surface area contributed by atoms with Crippen molar-refractivity contribution in [2.45, 2.75) is 12.8 Å². The minimum Gasteiger partial charge on any atom is -0.369 e. The summed E-state index contributed by atoms with van der Waals surface area (Å²) < 4.78 is 1.21. The summed E-state index contributed by atoms with van der Waals surface area (Å²) in [4.78, 5) is 11.4. The molecule has 0 unspecified atom stereocenters. The predicted molar refractivity (Wildman–Crippen MR) is 78.7 cm³/mol. The number of hydrogen-bond acceptors (Lipinski definition) is 3. The molecule has 0 saturated heterocycles. The monoisotopic (exact) mass is 310 g/mol. The van der Waals surface area contributed by atoms with E-state index in [2.05, 4.69) is 10.4 Å². The van der Waals surface area contributed by atoms with Crippen LogP contribution in [0.2, 0.25) is 10.0 Å². The van der Waals surface area contributed by atoms with E-state index in [-0.39, 0.29) is 0 Å². The lowest BCUT2D eigenvalue weighted by Gasteiger charge is -2.04. The molecule has 1 aliphatic heterocycles. The lowest BCUT2D eigenvalue weighted by molar-refractivity contribution is 0.248. The van der Waals surface area contributed by atoms with Crippen LogP contribution in [0.4, 0.5) is 10.6 Å². The van der Waals surface area contributed by atoms with E-state index in [0.29, 0.717) is 22.3 Å². The van der Waals surface area contributed by atoms with Crippen LogP contribution in [0.25, 0.3) is 0 Å². The Hall–Kier alpha value is -1.72. The molecule has 3 rings (SSSR count). The van der Waals surface area contributed by atoms with Gasteiger partial charge in [0.25, 0.3) is 0 Å². The molecule has 2 heterocycles. The van der Waals surface area contributed by atoms with E-state index in [1.54, 1.807) is 12.1 Å². The van der Waals surface area contributed by atoms with Crippen molar-refractivity contribution in [3.63, 3.8) is 0 Å². The van der Waals surface area contributed by atoms with Crippen molar-refractivity contribution in [2.24, 2.45) is 5.73 Å². The zero-order valence-corrected chi connectivity index (χ0v) is 12.0. The third-order valence-corrected chi connectivity index (χ3v) is 3.90. The maximum atomic E-state index is 11.4. The van der Waals surface area contributed by atoms with E-state index in [9.17, 15) is 4.79 Å². The van der Waals surface area contributed by atoms with Gasteiger partial charge in [0, 0.05) is 28.6 Å². The van der Waals surface area contributed by atoms with Gasteiger partial charge in [-0.1, -0.05) is 29.3 Å². The molecular weight excluding hydrogens is 299 g/mol. The number of carbonyl (C=O) groups is 1. The first-order valence-electron chi connectivity index (χ1n) is 6.14. The van der Waals surface area contributed by atoms with Gasteiger partial charge in [-0.15, -0.1) is 0 Å². The van der Waals surface area contributed by atoms with Crippen molar-refractivity contribution < 1.29 is 4.79 Å². The highest BCUT2D eigenvalue weighted by molar-refractivity contribution is 6.35. The average molecular weight is 311 g/mol. The summed E-state index contributed by atoms with van der Waals surface area (Å²) in [5.74, 6) is 0.692. The standard InChI is InChI=1S/C13H12Cl2N4O/c14-8-2-1-7(10(15)6-8)5-11-9-3-4-17-12(9)19(18-11)13(16)20/h1-2,6,17H,3-5H2,(H2,16,20). The molecule has 2 aromatic rings. The van der Waals surface area contributed by atoms with Crippen LogP contribution in [-0.4, -0.2) is 22.4 Å². The van der Waals surface area contributed by atoms with E-state index in [0.717, 1.165) is 29.8 Å². The van der Waals surface area contributed by atoms with Crippen LogP contribution in [0.5, 0.6) is 0 Å². The van der Waals surface area contributed by atoms with E-state index in [4.69, 9.17) is 28.9 Å². The predicted octanol–water partition coefficient (Wildman–Crippen LogP) is 2.68. The topological polar surface area (TPSA) is 72.9 Å². The number of fused-ring (bicyclic) bond motifs is 1. The number of carbonyl (C=O) groups excluding carboxylic acids is 1. The number of nitrogens with one attached hydrogen (secondary N) is 1. The summed E-state index contributed by atoms with van der Waals surface area (Å²) in [6.45, 7) is 0.780. The summed E-state index contributed by atoms with van der Waals surface area (Å²) >= 11 is 12.1. The molecule has 0 radical (unpaired) electrons. The van der Waals surface area contributed by atoms with Crippen LogP contribution in [0, 0.1) is 0 Å². The second-order valence-corrected chi connectivity index (χ2v) is 5.46. The average Bonchev–Trinajstić information content (AvgIpc) is 2.95. The van der Waals surface area contributed by atoms with E-state index < -0.39 is 6.03 Å². The van der Waals surface area contributed by atoms with Gasteiger partial charge in [0.15, 0.2) is 0 Å². The molecule has 7 heteroatoms. The fourth-order valence-corrected chi connectivity index (χ4v) is 2.87. The summed E-state index contributed by atoms with van der Waals surface area (Å²) in [5.41, 5.74) is 8.07. The van der Waals surface area contributed by atoms with Crippen molar-refractivity contribution in [3.05, 3.63) is 45.1 Å². The highest BCUT2D eigenvalue weighted by Gasteiger charge is 2.24. The van der Waals surface area contributed by atoms with Gasteiger partial charge >= 0.3 is 6.03 Å². The highest BCUT2D eigenvalue weighted by Crippen LogP contribution is 2.29. The normalized spacial score (nSPS) is 13.1. The van der Waals surface area contributed by atoms with Crippen molar-refractivity contribution in [1.82, 2.24) is 9.78 Å². The molecule has 3 N–H and O–H groups in total. The lowest BCUT2D eigenvalue weighted by atomic mass is 10.1. The Morgan fingerprint density at radius 1 is 1.45 bits per heavy atom. The molecule has 104 valence electrons. The van der Waals surface area contributed by atoms with Crippen LogP contribution in [-0.2, 0) is 12.8 Å². The molecule has 0 saturated carbocycles. The molecule has 0 atom stereocenters. The van der Waals surface area contributed by atoms with Gasteiger partial charge in [0.2, 0.25) is 0 Å². The van der Waals surface area contributed by atoms with Crippen molar-refractivity contribution in [2.75, 3.05) is 11.9 Å². The van der Waals surface area contributed by atoms with Gasteiger partial charge in [-0.25, -0.2) is 4.79 Å². The second-order valence-electron chi connectivity index (χ2n) is 4.61. The number of hydrogen-bond donors (Lipinski definition) is 2. The van der Waals surface area contributed by atoms with Gasteiger partial charge in [0.1, 0.15) is 5.82 Å². The van der Waals surface area contributed by atoms with Crippen LogP contribution in [0.1, 0.15) is 16.8 Å². The molecule has 0 bridgehead atoms. The van der Waals surface area contributed by atoms with Gasteiger partial charge in [-0.3, -0.25) is 0 Å². The molecule has 0 spiro atoms. The number of nitrogens with two attached hydrogens (primary N) is 1. The molecule has 0 fully saturated rings. The lowest BCUT2D eigenvalue weighted by Crippen LogP contribution is -2.22. The Bertz CT molecular complexity index is 696. The molecule has 5 nitrogen and oxygen atoms in total. The minimum atomic E-state index is -0.593. The quantitative estimate of drug-likeness (QED) is 0.895. The van der Waals surface area contributed by atoms with Crippen LogP contribution < -0.4 is 11.1 Å². The van der Waals surface area contributed by atoms with E-state index in [1.165, 1.54) is 4.68 Å². The Balaban J connectivity index is 1.99. The Labute approximate surface area is 125 Å². The Morgan fingerprint density at radius 2 is 2.25 bits per heavy atom. The molecule has 1 aromatic heterocycles. The molecule has 1 aliphatic rings. The largest absolute Gasteiger partial charge is 0.369 e. The number of amides is 1. The van der Waals surface area contributed by atoms with Crippen molar-refractivity contribution in [1.29, 1.82) is 0 Å². The fraction of sp³-hybridized carbons (Fsp3) is 0.231. The van der Waals surface area contributed by atoms with Crippen LogP contribution in [0.3, 0.4) is 0 Å². The Kier molecular flexibility index (Phi) is 3.31. The summed E-state index contributed by atoms with van der Waals surface area (Å²) in [6, 6.07) is 4.75. The Morgan fingerprint density at radius 3 is 2.95 bits per heavy atom. The highest BCUT2D eigenvalue weighted by atomic mass is 35.5. The first-order chi connectivity index (χ1) is 9.56.